The van der Waals surface area contributed by atoms with E-state index < -0.39 is 0 Å². The van der Waals surface area contributed by atoms with E-state index in [1.54, 1.807) is 30.5 Å². The van der Waals surface area contributed by atoms with Crippen molar-refractivity contribution < 1.29 is 18.7 Å². The zero-order chi connectivity index (χ0) is 19.8. The third-order valence-corrected chi connectivity index (χ3v) is 4.59. The molecule has 29 heavy (non-hydrogen) atoms. The first-order valence-electron chi connectivity index (χ1n) is 8.86. The van der Waals surface area contributed by atoms with E-state index in [4.69, 9.17) is 9.15 Å². The Bertz CT molecular complexity index is 1250. The van der Waals surface area contributed by atoms with Gasteiger partial charge in [0.05, 0.1) is 12.1 Å². The SMILES string of the molecule is O=COc1ccc(Nc2ncc3c(n2)-c2oc4ccccc4c2NC(=O)C3)cc1. The van der Waals surface area contributed by atoms with Crippen molar-refractivity contribution in [1.29, 1.82) is 0 Å². The second kappa shape index (κ2) is 6.75. The lowest BCUT2D eigenvalue weighted by Crippen LogP contribution is -2.12. The number of carbonyl (C=O) groups is 2. The zero-order valence-electron chi connectivity index (χ0n) is 15.0. The van der Waals surface area contributed by atoms with Crippen molar-refractivity contribution in [3.8, 4) is 17.2 Å². The summed E-state index contributed by atoms with van der Waals surface area (Å²) in [6.07, 6.45) is 1.78. The van der Waals surface area contributed by atoms with Gasteiger partial charge in [-0.15, -0.1) is 0 Å². The lowest BCUT2D eigenvalue weighted by atomic mass is 10.1. The third kappa shape index (κ3) is 3.06. The Kier molecular flexibility index (Phi) is 3.94. The van der Waals surface area contributed by atoms with Crippen molar-refractivity contribution >= 4 is 40.7 Å². The molecule has 1 aliphatic rings. The maximum absolute atomic E-state index is 12.4. The minimum absolute atomic E-state index is 0.147. The van der Waals surface area contributed by atoms with Gasteiger partial charge in [-0.3, -0.25) is 9.59 Å². The minimum Gasteiger partial charge on any atom is -0.452 e. The standard InChI is InChI=1S/C21H14N4O4/c26-11-28-14-7-5-13(6-8-14)23-21-22-10-12-9-17(27)24-19-15-3-1-2-4-16(15)29-20(19)18(12)25-21/h1-8,10-11H,9H2,(H,24,27)(H,22,23,25). The Balaban J connectivity index is 1.56. The summed E-state index contributed by atoms with van der Waals surface area (Å²) in [5.41, 5.74) is 3.25. The van der Waals surface area contributed by atoms with E-state index in [0.717, 1.165) is 11.1 Å². The van der Waals surface area contributed by atoms with Crippen molar-refractivity contribution in [3.05, 3.63) is 60.3 Å². The number of furan rings is 1. The van der Waals surface area contributed by atoms with Crippen LogP contribution >= 0.6 is 0 Å². The van der Waals surface area contributed by atoms with Gasteiger partial charge in [0, 0.05) is 22.8 Å². The van der Waals surface area contributed by atoms with Crippen molar-refractivity contribution in [2.24, 2.45) is 0 Å². The fourth-order valence-electron chi connectivity index (χ4n) is 3.29. The van der Waals surface area contributed by atoms with Crippen LogP contribution in [0.5, 0.6) is 5.75 Å². The van der Waals surface area contributed by atoms with Gasteiger partial charge in [0.25, 0.3) is 6.47 Å². The molecule has 0 spiro atoms. The summed E-state index contributed by atoms with van der Waals surface area (Å²) in [5.74, 6) is 1.15. The van der Waals surface area contributed by atoms with Crippen molar-refractivity contribution in [3.63, 3.8) is 0 Å². The Morgan fingerprint density at radius 1 is 1.14 bits per heavy atom. The van der Waals surface area contributed by atoms with E-state index in [2.05, 4.69) is 20.6 Å². The number of carbonyl (C=O) groups excluding carboxylic acids is 2. The van der Waals surface area contributed by atoms with E-state index in [0.29, 0.717) is 46.5 Å². The lowest BCUT2D eigenvalue weighted by Gasteiger charge is -2.08. The zero-order valence-corrected chi connectivity index (χ0v) is 15.0. The fraction of sp³-hybridized carbons (Fsp3) is 0.0476. The van der Waals surface area contributed by atoms with Gasteiger partial charge >= 0.3 is 0 Å². The van der Waals surface area contributed by atoms with Gasteiger partial charge in [0.2, 0.25) is 11.9 Å². The average molecular weight is 386 g/mol. The highest BCUT2D eigenvalue weighted by molar-refractivity contribution is 6.08. The Morgan fingerprint density at radius 3 is 2.79 bits per heavy atom. The first-order chi connectivity index (χ1) is 14.2. The van der Waals surface area contributed by atoms with Crippen molar-refractivity contribution in [1.82, 2.24) is 9.97 Å². The summed E-state index contributed by atoms with van der Waals surface area (Å²) >= 11 is 0. The molecule has 3 heterocycles. The van der Waals surface area contributed by atoms with Crippen LogP contribution in [0.1, 0.15) is 5.56 Å². The molecule has 0 unspecified atom stereocenters. The number of anilines is 3. The molecule has 1 amide bonds. The first-order valence-corrected chi connectivity index (χ1v) is 8.86. The first kappa shape index (κ1) is 16.9. The molecule has 0 bridgehead atoms. The second-order valence-corrected chi connectivity index (χ2v) is 6.46. The maximum atomic E-state index is 12.4. The van der Waals surface area contributed by atoms with Crippen LogP contribution in [0, 0.1) is 0 Å². The molecule has 8 heteroatoms. The minimum atomic E-state index is -0.147. The molecule has 0 saturated carbocycles. The number of aromatic nitrogens is 2. The number of hydrogen-bond acceptors (Lipinski definition) is 7. The molecule has 0 saturated heterocycles. The van der Waals surface area contributed by atoms with Crippen LogP contribution in [0.4, 0.5) is 17.3 Å². The summed E-state index contributed by atoms with van der Waals surface area (Å²) < 4.78 is 10.8. The summed E-state index contributed by atoms with van der Waals surface area (Å²) in [7, 11) is 0. The monoisotopic (exact) mass is 386 g/mol. The lowest BCUT2D eigenvalue weighted by molar-refractivity contribution is -0.120. The van der Waals surface area contributed by atoms with Crippen LogP contribution in [0.3, 0.4) is 0 Å². The number of benzene rings is 2. The van der Waals surface area contributed by atoms with E-state index in [9.17, 15) is 9.59 Å². The van der Waals surface area contributed by atoms with Crippen molar-refractivity contribution in [2.75, 3.05) is 10.6 Å². The predicted molar refractivity (Wildman–Crippen MR) is 106 cm³/mol. The summed E-state index contributed by atoms with van der Waals surface area (Å²) in [6, 6.07) is 14.3. The molecule has 2 aromatic carbocycles. The summed E-state index contributed by atoms with van der Waals surface area (Å²) in [5, 5.41) is 6.84. The van der Waals surface area contributed by atoms with E-state index in [1.807, 2.05) is 24.3 Å². The average Bonchev–Trinajstić information content (AvgIpc) is 3.02. The number of nitrogens with one attached hydrogen (secondary N) is 2. The number of ether oxygens (including phenoxy) is 1. The van der Waals surface area contributed by atoms with Crippen molar-refractivity contribution in [2.45, 2.75) is 6.42 Å². The molecule has 8 nitrogen and oxygen atoms in total. The van der Waals surface area contributed by atoms with Gasteiger partial charge in [0.15, 0.2) is 5.76 Å². The number of nitrogens with zero attached hydrogens (tertiary/aromatic N) is 2. The normalized spacial score (nSPS) is 12.5. The number of rotatable bonds is 4. The molecule has 1 aliphatic heterocycles. The van der Waals surface area contributed by atoms with E-state index in [1.165, 1.54) is 0 Å². The molecule has 2 N–H and O–H groups in total. The maximum Gasteiger partial charge on any atom is 0.298 e. The van der Waals surface area contributed by atoms with Crippen LogP contribution in [0.25, 0.3) is 22.4 Å². The van der Waals surface area contributed by atoms with Gasteiger partial charge in [-0.25, -0.2) is 9.97 Å². The molecule has 142 valence electrons. The highest BCUT2D eigenvalue weighted by Gasteiger charge is 2.26. The molecule has 0 aliphatic carbocycles. The summed E-state index contributed by atoms with van der Waals surface area (Å²) in [6.45, 7) is 0.373. The molecule has 5 rings (SSSR count). The topological polar surface area (TPSA) is 106 Å². The van der Waals surface area contributed by atoms with E-state index in [-0.39, 0.29) is 12.3 Å². The molecule has 0 fully saturated rings. The van der Waals surface area contributed by atoms with Gasteiger partial charge < -0.3 is 19.8 Å². The van der Waals surface area contributed by atoms with Gasteiger partial charge in [-0.2, -0.15) is 0 Å². The van der Waals surface area contributed by atoms with Crippen LogP contribution in [-0.2, 0) is 16.0 Å². The van der Waals surface area contributed by atoms with Crippen LogP contribution in [0.2, 0.25) is 0 Å². The smallest absolute Gasteiger partial charge is 0.298 e. The molecular weight excluding hydrogens is 372 g/mol. The Labute approximate surface area is 164 Å². The predicted octanol–water partition coefficient (Wildman–Crippen LogP) is 3.66. The van der Waals surface area contributed by atoms with Gasteiger partial charge in [-0.1, -0.05) is 12.1 Å². The molecule has 0 atom stereocenters. The van der Waals surface area contributed by atoms with Crippen LogP contribution < -0.4 is 15.4 Å². The van der Waals surface area contributed by atoms with Crippen LogP contribution in [-0.4, -0.2) is 22.3 Å². The van der Waals surface area contributed by atoms with Gasteiger partial charge in [0.1, 0.15) is 17.0 Å². The van der Waals surface area contributed by atoms with Crippen LogP contribution in [0.15, 0.2) is 59.1 Å². The third-order valence-electron chi connectivity index (χ3n) is 4.59. The Morgan fingerprint density at radius 2 is 1.97 bits per heavy atom. The summed E-state index contributed by atoms with van der Waals surface area (Å²) in [4.78, 5) is 31.7. The second-order valence-electron chi connectivity index (χ2n) is 6.46. The molecular formula is C21H14N4O4. The number of amides is 1. The number of fused-ring (bicyclic) bond motifs is 5. The van der Waals surface area contributed by atoms with Gasteiger partial charge in [-0.05, 0) is 36.4 Å². The number of para-hydroxylation sites is 1. The molecule has 4 aromatic rings. The molecule has 0 radical (unpaired) electrons. The highest BCUT2D eigenvalue weighted by atomic mass is 16.5. The molecule has 2 aromatic heterocycles. The fourth-order valence-corrected chi connectivity index (χ4v) is 3.29. The quantitative estimate of drug-likeness (QED) is 0.516. The number of hydrogen-bond donors (Lipinski definition) is 2. The van der Waals surface area contributed by atoms with E-state index >= 15 is 0 Å². The largest absolute Gasteiger partial charge is 0.452 e. The highest BCUT2D eigenvalue weighted by Crippen LogP contribution is 2.40. The Hall–Kier alpha value is -4.20.